The van der Waals surface area contributed by atoms with Crippen molar-refractivity contribution in [3.05, 3.63) is 0 Å². The molecule has 0 aliphatic heterocycles. The Balaban J connectivity index is 3.19. The van der Waals surface area contributed by atoms with E-state index in [0.29, 0.717) is 6.42 Å². The van der Waals surface area contributed by atoms with E-state index in [0.717, 1.165) is 0 Å². The van der Waals surface area contributed by atoms with Gasteiger partial charge in [-0.05, 0) is 6.92 Å². The maximum Gasteiger partial charge on any atom is 0.172 e. The van der Waals surface area contributed by atoms with E-state index in [1.165, 1.54) is 0 Å². The van der Waals surface area contributed by atoms with Gasteiger partial charge in [-0.1, -0.05) is 5.92 Å². The van der Waals surface area contributed by atoms with Crippen LogP contribution in [0.15, 0.2) is 0 Å². The van der Waals surface area contributed by atoms with Crippen molar-refractivity contribution in [2.24, 2.45) is 0 Å². The van der Waals surface area contributed by atoms with Crippen LogP contribution in [0.3, 0.4) is 0 Å². The molecule has 0 fully saturated rings. The number of hydrogen-bond donors (Lipinski definition) is 0. The minimum atomic E-state index is 0.0800. The summed E-state index contributed by atoms with van der Waals surface area (Å²) in [5.74, 6) is 2.37. The quantitative estimate of drug-likeness (QED) is 0.487. The van der Waals surface area contributed by atoms with Crippen LogP contribution in [0.5, 0.6) is 0 Å². The molecule has 2 heteroatoms. The van der Waals surface area contributed by atoms with Gasteiger partial charge in [-0.2, -0.15) is 0 Å². The second-order valence-electron chi connectivity index (χ2n) is 1.53. The van der Waals surface area contributed by atoms with Gasteiger partial charge in [0.1, 0.15) is 0 Å². The summed E-state index contributed by atoms with van der Waals surface area (Å²) in [6, 6.07) is 0. The van der Waals surface area contributed by atoms with E-state index in [1.54, 1.807) is 13.2 Å². The van der Waals surface area contributed by atoms with Crippen molar-refractivity contribution in [2.45, 2.75) is 19.4 Å². The van der Waals surface area contributed by atoms with Crippen LogP contribution in [0.1, 0.15) is 13.3 Å². The predicted octanol–water partition coefficient (Wildman–Crippen LogP) is 0.803. The fraction of sp³-hybridized carbons (Fsp3) is 0.667. The highest BCUT2D eigenvalue weighted by atomic mass is 16.5. The molecule has 0 heterocycles. The van der Waals surface area contributed by atoms with Crippen molar-refractivity contribution < 1.29 is 9.84 Å². The fourth-order valence-electron chi connectivity index (χ4n) is 0.269. The van der Waals surface area contributed by atoms with Gasteiger partial charge >= 0.3 is 0 Å². The van der Waals surface area contributed by atoms with E-state index in [4.69, 9.17) is 4.74 Å². The van der Waals surface area contributed by atoms with E-state index in [2.05, 4.69) is 5.92 Å². The van der Waals surface area contributed by atoms with Crippen LogP contribution >= 0.6 is 0 Å². The summed E-state index contributed by atoms with van der Waals surface area (Å²) >= 11 is 0. The van der Waals surface area contributed by atoms with Gasteiger partial charge in [0.2, 0.25) is 0 Å². The first-order valence-corrected chi connectivity index (χ1v) is 2.44. The largest absolute Gasteiger partial charge is 0.381 e. The molecule has 1 radical (unpaired) electrons. The van der Waals surface area contributed by atoms with Crippen LogP contribution in [-0.4, -0.2) is 13.2 Å². The van der Waals surface area contributed by atoms with E-state index >= 15 is 0 Å². The smallest absolute Gasteiger partial charge is 0.172 e. The van der Waals surface area contributed by atoms with Crippen LogP contribution in [0, 0.1) is 12.0 Å². The molecule has 8 heavy (non-hydrogen) atoms. The zero-order valence-electron chi connectivity index (χ0n) is 5.10. The van der Waals surface area contributed by atoms with E-state index in [-0.39, 0.29) is 6.10 Å². The maximum atomic E-state index is 9.53. The van der Waals surface area contributed by atoms with E-state index in [9.17, 15) is 5.11 Å². The highest BCUT2D eigenvalue weighted by molar-refractivity contribution is 4.90. The molecule has 0 bridgehead atoms. The monoisotopic (exact) mass is 113 g/mol. The van der Waals surface area contributed by atoms with Crippen molar-refractivity contribution in [2.75, 3.05) is 7.11 Å². The first-order valence-electron chi connectivity index (χ1n) is 2.44. The third-order valence-electron chi connectivity index (χ3n) is 0.864. The number of hydrogen-bond acceptors (Lipinski definition) is 1. The first-order chi connectivity index (χ1) is 3.81. The molecule has 0 aliphatic rings. The predicted molar refractivity (Wildman–Crippen MR) is 29.6 cm³/mol. The van der Waals surface area contributed by atoms with E-state index < -0.39 is 0 Å². The van der Waals surface area contributed by atoms with Crippen molar-refractivity contribution in [3.8, 4) is 12.0 Å². The molecule has 0 N–H and O–H groups in total. The van der Waals surface area contributed by atoms with Gasteiger partial charge in [0, 0.05) is 13.5 Å². The lowest BCUT2D eigenvalue weighted by atomic mass is 10.3. The van der Waals surface area contributed by atoms with Gasteiger partial charge in [0.25, 0.3) is 0 Å². The third kappa shape index (κ3) is 3.51. The highest BCUT2D eigenvalue weighted by Crippen LogP contribution is 1.90. The molecule has 0 spiro atoms. The Kier molecular flexibility index (Phi) is 4.10. The molecular weight excluding hydrogens is 104 g/mol. The Morgan fingerprint density at radius 3 is 2.75 bits per heavy atom. The molecule has 45 valence electrons. The van der Waals surface area contributed by atoms with Crippen LogP contribution in [0.2, 0.25) is 0 Å². The van der Waals surface area contributed by atoms with Gasteiger partial charge < -0.3 is 4.74 Å². The summed E-state index contributed by atoms with van der Waals surface area (Å²) < 4.78 is 4.81. The standard InChI is InChI=1S/C6H9O2/c1-6(8-2)4-3-5-7/h6H,4H2,1-2H3. The lowest BCUT2D eigenvalue weighted by Crippen LogP contribution is -2.01. The zero-order valence-corrected chi connectivity index (χ0v) is 5.10. The molecule has 0 aliphatic carbocycles. The second-order valence-corrected chi connectivity index (χ2v) is 1.53. The molecule has 0 aromatic carbocycles. The molecule has 2 nitrogen and oxygen atoms in total. The maximum absolute atomic E-state index is 9.53. The van der Waals surface area contributed by atoms with Crippen LogP contribution in [-0.2, 0) is 9.84 Å². The molecule has 1 atom stereocenters. The van der Waals surface area contributed by atoms with Gasteiger partial charge in [0.15, 0.2) is 6.11 Å². The number of rotatable bonds is 2. The van der Waals surface area contributed by atoms with Crippen LogP contribution in [0.4, 0.5) is 0 Å². The summed E-state index contributed by atoms with van der Waals surface area (Å²) in [6.07, 6.45) is 2.16. The van der Waals surface area contributed by atoms with Crippen molar-refractivity contribution in [1.29, 1.82) is 0 Å². The molecule has 1 unspecified atom stereocenters. The van der Waals surface area contributed by atoms with Crippen LogP contribution in [0.25, 0.3) is 0 Å². The Hall–Kier alpha value is -0.680. The SMILES string of the molecule is COC(C)CC#C[O]. The number of ether oxygens (including phenoxy) is 1. The molecule has 0 amide bonds. The van der Waals surface area contributed by atoms with Crippen molar-refractivity contribution in [1.82, 2.24) is 0 Å². The Labute approximate surface area is 49.5 Å². The Bertz CT molecular complexity index is 98.8. The Morgan fingerprint density at radius 2 is 2.38 bits per heavy atom. The molecule has 0 aromatic heterocycles. The van der Waals surface area contributed by atoms with Crippen molar-refractivity contribution >= 4 is 0 Å². The lowest BCUT2D eigenvalue weighted by Gasteiger charge is -2.00. The van der Waals surface area contributed by atoms with Gasteiger partial charge in [0.05, 0.1) is 6.10 Å². The van der Waals surface area contributed by atoms with Crippen molar-refractivity contribution in [3.63, 3.8) is 0 Å². The highest BCUT2D eigenvalue weighted by Gasteiger charge is 1.92. The summed E-state index contributed by atoms with van der Waals surface area (Å²) in [4.78, 5) is 0. The number of methoxy groups -OCH3 is 1. The Morgan fingerprint density at radius 1 is 1.75 bits per heavy atom. The molecule has 0 saturated carbocycles. The molecule has 0 aromatic rings. The van der Waals surface area contributed by atoms with Gasteiger partial charge in [-0.15, -0.1) is 0 Å². The average molecular weight is 113 g/mol. The van der Waals surface area contributed by atoms with Gasteiger partial charge in [-0.25, -0.2) is 5.11 Å². The molecule has 0 rings (SSSR count). The minimum absolute atomic E-state index is 0.0800. The molecule has 0 saturated heterocycles. The topological polar surface area (TPSA) is 29.1 Å². The molecular formula is C6H9O2. The fourth-order valence-corrected chi connectivity index (χ4v) is 0.269. The van der Waals surface area contributed by atoms with Gasteiger partial charge in [-0.3, -0.25) is 0 Å². The summed E-state index contributed by atoms with van der Waals surface area (Å²) in [6.45, 7) is 1.87. The summed E-state index contributed by atoms with van der Waals surface area (Å²) in [7, 11) is 1.59. The minimum Gasteiger partial charge on any atom is -0.381 e. The summed E-state index contributed by atoms with van der Waals surface area (Å²) in [5, 5.41) is 9.53. The summed E-state index contributed by atoms with van der Waals surface area (Å²) in [5.41, 5.74) is 0. The normalized spacial score (nSPS) is 11.8. The third-order valence-corrected chi connectivity index (χ3v) is 0.864. The zero-order chi connectivity index (χ0) is 6.41. The van der Waals surface area contributed by atoms with Crippen LogP contribution < -0.4 is 0 Å². The lowest BCUT2D eigenvalue weighted by molar-refractivity contribution is 0.122. The average Bonchev–Trinajstić information content (AvgIpc) is 1.83. The van der Waals surface area contributed by atoms with E-state index in [1.807, 2.05) is 6.92 Å². The first kappa shape index (κ1) is 7.32. The second kappa shape index (κ2) is 4.48.